The normalized spacial score (nSPS) is 13.6. The summed E-state index contributed by atoms with van der Waals surface area (Å²) in [5, 5.41) is 7.13. The Morgan fingerprint density at radius 3 is 2.27 bits per heavy atom. The number of hydrogen-bond donors (Lipinski definition) is 2. The van der Waals surface area contributed by atoms with Crippen molar-refractivity contribution in [2.45, 2.75) is 45.1 Å². The maximum atomic E-state index is 13.7. The van der Waals surface area contributed by atoms with Crippen LogP contribution in [0.1, 0.15) is 49.4 Å². The predicted octanol–water partition coefficient (Wildman–Crippen LogP) is 7.76. The lowest BCUT2D eigenvalue weighted by molar-refractivity contribution is -0.185. The van der Waals surface area contributed by atoms with Crippen molar-refractivity contribution in [2.24, 2.45) is 0 Å². The van der Waals surface area contributed by atoms with Crippen molar-refractivity contribution in [1.82, 2.24) is 5.06 Å². The van der Waals surface area contributed by atoms with Gasteiger partial charge >= 0.3 is 12.0 Å². The highest BCUT2D eigenvalue weighted by Crippen LogP contribution is 2.38. The van der Waals surface area contributed by atoms with Crippen LogP contribution in [0.2, 0.25) is 10.0 Å². The summed E-state index contributed by atoms with van der Waals surface area (Å²) in [6.45, 7) is 1.24. The molecule has 2 aromatic carbocycles. The van der Waals surface area contributed by atoms with E-state index in [1.54, 1.807) is 36.4 Å². The van der Waals surface area contributed by atoms with Gasteiger partial charge in [-0.15, -0.1) is 11.3 Å². The molecule has 1 aliphatic carbocycles. The first kappa shape index (κ1) is 26.9. The second-order valence-corrected chi connectivity index (χ2v) is 10.4. The average Bonchev–Trinajstić information content (AvgIpc) is 3.29. The summed E-state index contributed by atoms with van der Waals surface area (Å²) >= 11 is 13.5. The van der Waals surface area contributed by atoms with Crippen LogP contribution in [-0.2, 0) is 9.63 Å². The van der Waals surface area contributed by atoms with E-state index in [4.69, 9.17) is 28.0 Å². The Kier molecular flexibility index (Phi) is 8.68. The summed E-state index contributed by atoms with van der Waals surface area (Å²) in [5.41, 5.74) is 1.01. The van der Waals surface area contributed by atoms with E-state index in [2.05, 4.69) is 10.6 Å². The highest BCUT2D eigenvalue weighted by molar-refractivity contribution is 7.20. The van der Waals surface area contributed by atoms with E-state index >= 15 is 0 Å². The van der Waals surface area contributed by atoms with E-state index in [1.165, 1.54) is 19.1 Å². The van der Waals surface area contributed by atoms with E-state index in [1.807, 2.05) is 0 Å². The van der Waals surface area contributed by atoms with Crippen LogP contribution in [0.5, 0.6) is 0 Å². The lowest BCUT2D eigenvalue weighted by atomic mass is 9.95. The Morgan fingerprint density at radius 2 is 1.65 bits per heavy atom. The first-order chi connectivity index (χ1) is 17.7. The number of rotatable bonds is 5. The number of hydrogen-bond acceptors (Lipinski definition) is 5. The molecule has 194 valence electrons. The molecule has 0 saturated heterocycles. The van der Waals surface area contributed by atoms with Crippen molar-refractivity contribution in [3.63, 3.8) is 0 Å². The van der Waals surface area contributed by atoms with Crippen LogP contribution in [0.15, 0.2) is 48.5 Å². The molecule has 0 atom stereocenters. The number of benzene rings is 2. The largest absolute Gasteiger partial charge is 0.338 e. The quantitative estimate of drug-likeness (QED) is 0.310. The summed E-state index contributed by atoms with van der Waals surface area (Å²) in [6, 6.07) is 11.2. The Balaban J connectivity index is 1.68. The molecule has 0 bridgehead atoms. The molecule has 11 heteroatoms. The summed E-state index contributed by atoms with van der Waals surface area (Å²) in [5.74, 6) is -1.57. The molecule has 0 unspecified atom stereocenters. The molecule has 0 radical (unpaired) electrons. The van der Waals surface area contributed by atoms with Crippen molar-refractivity contribution in [3.05, 3.63) is 70.0 Å². The Bertz CT molecular complexity index is 1290. The van der Waals surface area contributed by atoms with Crippen LogP contribution in [-0.4, -0.2) is 29.0 Å². The number of para-hydroxylation sites is 1. The maximum Gasteiger partial charge on any atom is 0.329 e. The van der Waals surface area contributed by atoms with Gasteiger partial charge in [0.15, 0.2) is 0 Å². The van der Waals surface area contributed by atoms with Gasteiger partial charge in [0.1, 0.15) is 10.8 Å². The molecular weight excluding hydrogens is 540 g/mol. The van der Waals surface area contributed by atoms with E-state index < -0.39 is 23.7 Å². The highest BCUT2D eigenvalue weighted by atomic mass is 35.5. The number of nitrogens with zero attached hydrogens (tertiary/aromatic N) is 1. The number of amides is 3. The third-order valence-corrected chi connectivity index (χ3v) is 7.58. The number of carbonyl (C=O) groups is 3. The zero-order valence-corrected chi connectivity index (χ0v) is 22.2. The molecule has 3 amide bonds. The van der Waals surface area contributed by atoms with Gasteiger partial charge in [-0.3, -0.25) is 14.9 Å². The second kappa shape index (κ2) is 11.9. The third kappa shape index (κ3) is 6.60. The van der Waals surface area contributed by atoms with Gasteiger partial charge in [0.25, 0.3) is 5.91 Å². The molecule has 3 aromatic rings. The van der Waals surface area contributed by atoms with Crippen molar-refractivity contribution in [2.75, 3.05) is 10.6 Å². The third-order valence-electron chi connectivity index (χ3n) is 5.85. The first-order valence-electron chi connectivity index (χ1n) is 11.7. The van der Waals surface area contributed by atoms with Crippen molar-refractivity contribution in [3.8, 4) is 10.4 Å². The topological polar surface area (TPSA) is 87.7 Å². The van der Waals surface area contributed by atoms with Gasteiger partial charge in [0, 0.05) is 11.8 Å². The van der Waals surface area contributed by atoms with Crippen LogP contribution in [0.3, 0.4) is 0 Å². The number of thiophene rings is 1. The fourth-order valence-electron chi connectivity index (χ4n) is 4.12. The monoisotopic (exact) mass is 563 g/mol. The van der Waals surface area contributed by atoms with Gasteiger partial charge in [-0.25, -0.2) is 9.18 Å². The zero-order chi connectivity index (χ0) is 26.5. The maximum absolute atomic E-state index is 13.7. The van der Waals surface area contributed by atoms with Gasteiger partial charge in [0.2, 0.25) is 0 Å². The Labute approximate surface area is 227 Å². The smallest absolute Gasteiger partial charge is 0.329 e. The predicted molar refractivity (Wildman–Crippen MR) is 144 cm³/mol. The van der Waals surface area contributed by atoms with E-state index in [-0.39, 0.29) is 32.3 Å². The van der Waals surface area contributed by atoms with Crippen molar-refractivity contribution < 1.29 is 23.6 Å². The van der Waals surface area contributed by atoms with Crippen LogP contribution >= 0.6 is 34.5 Å². The lowest BCUT2D eigenvalue weighted by Crippen LogP contribution is -2.42. The number of nitrogens with one attached hydrogen (secondary N) is 2. The highest BCUT2D eigenvalue weighted by Gasteiger charge is 2.32. The van der Waals surface area contributed by atoms with Crippen LogP contribution < -0.4 is 10.6 Å². The minimum absolute atomic E-state index is 0.136. The molecule has 0 aliphatic heterocycles. The molecule has 1 aromatic heterocycles. The SMILES string of the molecule is CC(=O)ON(C(=O)c1cc(-c2ccc(F)cc2)sc1NC(=O)Nc1c(Cl)cccc1Cl)C1CCCCC1. The second-order valence-electron chi connectivity index (χ2n) is 8.54. The van der Waals surface area contributed by atoms with Gasteiger partial charge in [-0.05, 0) is 48.7 Å². The van der Waals surface area contributed by atoms with Crippen LogP contribution in [0.25, 0.3) is 10.4 Å². The minimum atomic E-state index is -0.673. The van der Waals surface area contributed by atoms with Crippen LogP contribution in [0.4, 0.5) is 19.9 Å². The molecule has 7 nitrogen and oxygen atoms in total. The standard InChI is InChI=1S/C26H24Cl2FN3O4S/c1-15(33)36-32(18-6-3-2-4-7-18)25(34)19-14-22(16-10-12-17(29)13-11-16)37-24(19)31-26(35)30-23-20(27)8-5-9-21(23)28/h5,8-14,18H,2-4,6-7H2,1H3,(H2,30,31,35). The number of urea groups is 1. The number of carbonyl (C=O) groups excluding carboxylic acids is 3. The number of halogens is 3. The summed E-state index contributed by atoms with van der Waals surface area (Å²) in [4.78, 5) is 44.5. The van der Waals surface area contributed by atoms with Gasteiger partial charge in [0.05, 0.1) is 27.3 Å². The van der Waals surface area contributed by atoms with Gasteiger partial charge < -0.3 is 10.2 Å². The van der Waals surface area contributed by atoms with Crippen molar-refractivity contribution in [1.29, 1.82) is 0 Å². The first-order valence-corrected chi connectivity index (χ1v) is 13.2. The number of anilines is 2. The Morgan fingerprint density at radius 1 is 1.00 bits per heavy atom. The fraction of sp³-hybridized carbons (Fsp3) is 0.269. The van der Waals surface area contributed by atoms with E-state index in [0.717, 1.165) is 35.7 Å². The van der Waals surface area contributed by atoms with Crippen LogP contribution in [0, 0.1) is 5.82 Å². The van der Waals surface area contributed by atoms with Crippen molar-refractivity contribution >= 4 is 63.1 Å². The molecule has 2 N–H and O–H groups in total. The lowest BCUT2D eigenvalue weighted by Gasteiger charge is -2.32. The summed E-state index contributed by atoms with van der Waals surface area (Å²) in [6.07, 6.45) is 4.26. The molecule has 1 fully saturated rings. The molecule has 37 heavy (non-hydrogen) atoms. The molecule has 1 aliphatic rings. The van der Waals surface area contributed by atoms with Gasteiger partial charge in [-0.2, -0.15) is 5.06 Å². The molecule has 0 spiro atoms. The number of hydroxylamine groups is 2. The zero-order valence-electron chi connectivity index (χ0n) is 19.9. The molecule has 4 rings (SSSR count). The molecular formula is C26H24Cl2FN3O4S. The molecule has 1 saturated carbocycles. The fourth-order valence-corrected chi connectivity index (χ4v) is 5.66. The van der Waals surface area contributed by atoms with E-state index in [9.17, 15) is 18.8 Å². The van der Waals surface area contributed by atoms with Gasteiger partial charge in [-0.1, -0.05) is 60.7 Å². The Hall–Kier alpha value is -3.14. The summed E-state index contributed by atoms with van der Waals surface area (Å²) < 4.78 is 13.5. The average molecular weight is 564 g/mol. The minimum Gasteiger partial charge on any atom is -0.338 e. The molecule has 1 heterocycles. The summed E-state index contributed by atoms with van der Waals surface area (Å²) in [7, 11) is 0. The van der Waals surface area contributed by atoms with E-state index in [0.29, 0.717) is 23.3 Å².